The summed E-state index contributed by atoms with van der Waals surface area (Å²) in [5.74, 6) is -1.37. The highest BCUT2D eigenvalue weighted by Gasteiger charge is 2.39. The van der Waals surface area contributed by atoms with Crippen molar-refractivity contribution < 1.29 is 14.3 Å². The van der Waals surface area contributed by atoms with Crippen LogP contribution in [0, 0.1) is 0 Å². The Bertz CT molecular complexity index is 1010. The van der Waals surface area contributed by atoms with Crippen LogP contribution < -0.4 is 5.32 Å². The smallest absolute Gasteiger partial charge is 0.267 e. The van der Waals surface area contributed by atoms with Gasteiger partial charge in [-0.25, -0.2) is 0 Å². The second-order valence-corrected chi connectivity index (χ2v) is 7.43. The number of carbonyl (C=O) groups is 1. The number of nitrogens with one attached hydrogen (secondary N) is 2. The minimum atomic E-state index is -1.10. The lowest BCUT2D eigenvalue weighted by molar-refractivity contribution is -0.160. The third-order valence-corrected chi connectivity index (χ3v) is 5.40. The normalized spacial score (nSPS) is 16.0. The monoisotopic (exact) mass is 424 g/mol. The van der Waals surface area contributed by atoms with Gasteiger partial charge in [-0.2, -0.15) is 0 Å². The molecule has 0 aliphatic carbocycles. The molecule has 27 heavy (non-hydrogen) atoms. The number of amides is 1. The summed E-state index contributed by atoms with van der Waals surface area (Å²) in [4.78, 5) is 15.7. The number of rotatable bonds is 4. The molecular weight excluding hydrogens is 411 g/mol. The number of aromatic nitrogens is 1. The molecule has 2 N–H and O–H groups in total. The minimum Gasteiger partial charge on any atom is -0.351 e. The summed E-state index contributed by atoms with van der Waals surface area (Å²) in [5.41, 5.74) is 1.95. The van der Waals surface area contributed by atoms with Crippen LogP contribution in [0.15, 0.2) is 42.5 Å². The Morgan fingerprint density at radius 1 is 1.04 bits per heavy atom. The van der Waals surface area contributed by atoms with Gasteiger partial charge in [-0.3, -0.25) is 4.79 Å². The lowest BCUT2D eigenvalue weighted by atomic mass is 10.1. The molecular formula is C19H15Cl3N2O3. The lowest BCUT2D eigenvalue weighted by Gasteiger charge is -2.28. The number of benzene rings is 2. The number of carbonyl (C=O) groups excluding carboxylic acids is 1. The van der Waals surface area contributed by atoms with Crippen LogP contribution in [0.2, 0.25) is 15.1 Å². The second kappa shape index (κ2) is 7.34. The first-order chi connectivity index (χ1) is 13.0. The van der Waals surface area contributed by atoms with Crippen molar-refractivity contribution in [2.45, 2.75) is 5.79 Å². The van der Waals surface area contributed by atoms with Crippen LogP contribution in [0.4, 0.5) is 0 Å². The summed E-state index contributed by atoms with van der Waals surface area (Å²) >= 11 is 18.1. The van der Waals surface area contributed by atoms with Crippen molar-refractivity contribution in [2.24, 2.45) is 0 Å². The Morgan fingerprint density at radius 2 is 1.81 bits per heavy atom. The highest BCUT2D eigenvalue weighted by atomic mass is 35.5. The van der Waals surface area contributed by atoms with Crippen LogP contribution in [0.3, 0.4) is 0 Å². The van der Waals surface area contributed by atoms with Crippen molar-refractivity contribution in [3.05, 3.63) is 68.8 Å². The molecule has 8 heteroatoms. The summed E-state index contributed by atoms with van der Waals surface area (Å²) in [5, 5.41) is 5.17. The van der Waals surface area contributed by atoms with Gasteiger partial charge in [0.1, 0.15) is 5.69 Å². The molecule has 0 radical (unpaired) electrons. The van der Waals surface area contributed by atoms with E-state index in [0.29, 0.717) is 39.5 Å². The van der Waals surface area contributed by atoms with Crippen molar-refractivity contribution >= 4 is 51.6 Å². The van der Waals surface area contributed by atoms with Crippen molar-refractivity contribution in [3.8, 4) is 0 Å². The zero-order valence-electron chi connectivity index (χ0n) is 14.0. The summed E-state index contributed by atoms with van der Waals surface area (Å²) in [7, 11) is 0. The number of hydrogen-bond donors (Lipinski definition) is 2. The maximum Gasteiger partial charge on any atom is 0.267 e. The first-order valence-corrected chi connectivity index (χ1v) is 9.40. The van der Waals surface area contributed by atoms with E-state index in [1.807, 2.05) is 6.07 Å². The van der Waals surface area contributed by atoms with Crippen molar-refractivity contribution in [2.75, 3.05) is 19.8 Å². The Morgan fingerprint density at radius 3 is 2.56 bits per heavy atom. The van der Waals surface area contributed by atoms with Crippen LogP contribution >= 0.6 is 34.8 Å². The average Bonchev–Trinajstić information content (AvgIpc) is 3.29. The zero-order chi connectivity index (χ0) is 19.0. The molecule has 1 fully saturated rings. The van der Waals surface area contributed by atoms with Gasteiger partial charge in [0.2, 0.25) is 5.79 Å². The molecule has 0 unspecified atom stereocenters. The first-order valence-electron chi connectivity index (χ1n) is 8.27. The molecule has 1 aliphatic heterocycles. The van der Waals surface area contributed by atoms with E-state index in [-0.39, 0.29) is 12.5 Å². The maximum atomic E-state index is 12.6. The molecule has 3 aromatic rings. The van der Waals surface area contributed by atoms with Crippen LogP contribution in [0.1, 0.15) is 16.1 Å². The van der Waals surface area contributed by atoms with E-state index in [0.717, 1.165) is 10.9 Å². The standard InChI is InChI=1S/C19H15Cl3N2O3/c20-13-2-4-16-11(7-13)8-17(24-16)18(25)23-10-19(26-5-6-27-19)12-1-3-14(21)15(22)9-12/h1-4,7-9,24H,5-6,10H2,(H,23,25). The molecule has 0 atom stereocenters. The number of fused-ring (bicyclic) bond motifs is 1. The summed E-state index contributed by atoms with van der Waals surface area (Å²) in [6.45, 7) is 0.960. The van der Waals surface area contributed by atoms with Gasteiger partial charge in [0.15, 0.2) is 0 Å². The van der Waals surface area contributed by atoms with Gasteiger partial charge in [-0.15, -0.1) is 0 Å². The predicted molar refractivity (Wildman–Crippen MR) is 106 cm³/mol. The SMILES string of the molecule is O=C(NCC1(c2ccc(Cl)c(Cl)c2)OCCO1)c1cc2cc(Cl)ccc2[nH]1. The molecule has 1 amide bonds. The van der Waals surface area contributed by atoms with E-state index >= 15 is 0 Å². The third-order valence-electron chi connectivity index (χ3n) is 4.42. The molecule has 140 valence electrons. The molecule has 2 aromatic carbocycles. The van der Waals surface area contributed by atoms with Crippen LogP contribution in [0.5, 0.6) is 0 Å². The maximum absolute atomic E-state index is 12.6. The number of ether oxygens (including phenoxy) is 2. The Kier molecular flexibility index (Phi) is 5.05. The van der Waals surface area contributed by atoms with Gasteiger partial charge in [0.25, 0.3) is 5.91 Å². The van der Waals surface area contributed by atoms with Crippen LogP contribution in [-0.4, -0.2) is 30.6 Å². The first kappa shape index (κ1) is 18.6. The van der Waals surface area contributed by atoms with Gasteiger partial charge >= 0.3 is 0 Å². The van der Waals surface area contributed by atoms with Gasteiger partial charge in [-0.1, -0.05) is 40.9 Å². The lowest BCUT2D eigenvalue weighted by Crippen LogP contribution is -2.41. The zero-order valence-corrected chi connectivity index (χ0v) is 16.3. The Balaban J connectivity index is 1.55. The van der Waals surface area contributed by atoms with E-state index in [2.05, 4.69) is 10.3 Å². The van der Waals surface area contributed by atoms with E-state index in [1.54, 1.807) is 36.4 Å². The molecule has 5 nitrogen and oxygen atoms in total. The predicted octanol–water partition coefficient (Wildman–Crippen LogP) is 4.76. The second-order valence-electron chi connectivity index (χ2n) is 6.18. The summed E-state index contributed by atoms with van der Waals surface area (Å²) in [6, 6.07) is 12.3. The summed E-state index contributed by atoms with van der Waals surface area (Å²) < 4.78 is 11.6. The number of hydrogen-bond acceptors (Lipinski definition) is 3. The quantitative estimate of drug-likeness (QED) is 0.633. The molecule has 4 rings (SSSR count). The van der Waals surface area contributed by atoms with Crippen LogP contribution in [0.25, 0.3) is 10.9 Å². The molecule has 2 heterocycles. The minimum absolute atomic E-state index is 0.125. The van der Waals surface area contributed by atoms with E-state index in [1.165, 1.54) is 0 Å². The fourth-order valence-corrected chi connectivity index (χ4v) is 3.55. The highest BCUT2D eigenvalue weighted by Crippen LogP contribution is 2.34. The summed E-state index contributed by atoms with van der Waals surface area (Å²) in [6.07, 6.45) is 0. The molecule has 0 saturated carbocycles. The van der Waals surface area contributed by atoms with E-state index in [9.17, 15) is 4.79 Å². The largest absolute Gasteiger partial charge is 0.351 e. The highest BCUT2D eigenvalue weighted by molar-refractivity contribution is 6.42. The Labute approximate surface area is 170 Å². The van der Waals surface area contributed by atoms with Crippen molar-refractivity contribution in [1.82, 2.24) is 10.3 Å². The average molecular weight is 426 g/mol. The van der Waals surface area contributed by atoms with Gasteiger partial charge < -0.3 is 19.8 Å². The van der Waals surface area contributed by atoms with Gasteiger partial charge in [0.05, 0.1) is 29.8 Å². The third kappa shape index (κ3) is 3.66. The molecule has 0 spiro atoms. The van der Waals surface area contributed by atoms with E-state index in [4.69, 9.17) is 44.3 Å². The topological polar surface area (TPSA) is 63.4 Å². The molecule has 1 aromatic heterocycles. The van der Waals surface area contributed by atoms with Gasteiger partial charge in [-0.05, 0) is 36.4 Å². The fraction of sp³-hybridized carbons (Fsp3) is 0.211. The number of aromatic amines is 1. The van der Waals surface area contributed by atoms with Crippen molar-refractivity contribution in [3.63, 3.8) is 0 Å². The van der Waals surface area contributed by atoms with Crippen LogP contribution in [-0.2, 0) is 15.3 Å². The van der Waals surface area contributed by atoms with Crippen molar-refractivity contribution in [1.29, 1.82) is 0 Å². The fourth-order valence-electron chi connectivity index (χ4n) is 3.08. The molecule has 0 bridgehead atoms. The van der Waals surface area contributed by atoms with E-state index < -0.39 is 5.79 Å². The Hall–Kier alpha value is -1.76. The van der Waals surface area contributed by atoms with Gasteiger partial charge in [0, 0.05) is 21.5 Å². The molecule has 1 aliphatic rings. The molecule has 1 saturated heterocycles. The number of halogens is 3. The number of H-pyrrole nitrogens is 1.